The summed E-state index contributed by atoms with van der Waals surface area (Å²) in [6, 6.07) is 2.23. The van der Waals surface area contributed by atoms with Gasteiger partial charge in [0.15, 0.2) is 4.67 Å². The molecule has 2 fully saturated rings. The number of hydrogen-bond acceptors (Lipinski definition) is 2. The van der Waals surface area contributed by atoms with Gasteiger partial charge < -0.3 is 9.32 Å². The highest BCUT2D eigenvalue weighted by molar-refractivity contribution is 9.10. The summed E-state index contributed by atoms with van der Waals surface area (Å²) in [5.41, 5.74) is 0.662. The molecule has 4 heteroatoms. The number of carbonyl (C=O) groups is 1. The van der Waals surface area contributed by atoms with E-state index in [2.05, 4.69) is 15.9 Å². The Labute approximate surface area is 96.6 Å². The van der Waals surface area contributed by atoms with E-state index in [0.717, 1.165) is 12.5 Å². The first kappa shape index (κ1) is 9.46. The Bertz CT molecular complexity index is 401. The molecule has 2 aliphatic rings. The Kier molecular flexibility index (Phi) is 2.12. The smallest absolute Gasteiger partial charge is 0.257 e. The quantitative estimate of drug-likeness (QED) is 0.786. The molecular formula is C11H12BrNO2. The maximum atomic E-state index is 12.1. The molecule has 0 spiro atoms. The van der Waals surface area contributed by atoms with Gasteiger partial charge in [-0.05, 0) is 41.1 Å². The maximum absolute atomic E-state index is 12.1. The highest BCUT2D eigenvalue weighted by Crippen LogP contribution is 2.38. The second kappa shape index (κ2) is 3.37. The standard InChI is InChI=1S/C11H12BrNO2/c12-10-4-8(6-15-10)11(14)13-5-7-1-2-9(13)3-7/h4,6-7,9H,1-3,5H2. The first-order valence-electron chi connectivity index (χ1n) is 5.29. The monoisotopic (exact) mass is 269 g/mol. The van der Waals surface area contributed by atoms with Gasteiger partial charge in [0.2, 0.25) is 0 Å². The van der Waals surface area contributed by atoms with Crippen molar-refractivity contribution in [2.24, 2.45) is 5.92 Å². The summed E-state index contributed by atoms with van der Waals surface area (Å²) in [6.45, 7) is 0.937. The molecule has 1 aromatic rings. The Balaban J connectivity index is 1.81. The minimum atomic E-state index is 0.122. The summed E-state index contributed by atoms with van der Waals surface area (Å²) < 4.78 is 5.72. The van der Waals surface area contributed by atoms with Crippen molar-refractivity contribution in [3.05, 3.63) is 22.6 Å². The lowest BCUT2D eigenvalue weighted by Crippen LogP contribution is -2.37. The fraction of sp³-hybridized carbons (Fsp3) is 0.545. The fourth-order valence-electron chi connectivity index (χ4n) is 2.76. The maximum Gasteiger partial charge on any atom is 0.257 e. The lowest BCUT2D eigenvalue weighted by molar-refractivity contribution is 0.0703. The van der Waals surface area contributed by atoms with E-state index in [1.807, 2.05) is 4.90 Å². The summed E-state index contributed by atoms with van der Waals surface area (Å²) in [5.74, 6) is 0.867. The molecule has 15 heavy (non-hydrogen) atoms. The molecule has 0 aromatic carbocycles. The van der Waals surface area contributed by atoms with Crippen LogP contribution in [0, 0.1) is 5.92 Å². The zero-order valence-electron chi connectivity index (χ0n) is 8.28. The molecule has 2 atom stereocenters. The van der Waals surface area contributed by atoms with E-state index in [1.165, 1.54) is 25.5 Å². The van der Waals surface area contributed by atoms with Gasteiger partial charge in [-0.15, -0.1) is 0 Å². The predicted octanol–water partition coefficient (Wildman–Crippen LogP) is 2.67. The van der Waals surface area contributed by atoms with Gasteiger partial charge in [0.05, 0.1) is 5.56 Å². The number of nitrogens with zero attached hydrogens (tertiary/aromatic N) is 1. The second-order valence-electron chi connectivity index (χ2n) is 4.43. The molecule has 3 rings (SSSR count). The van der Waals surface area contributed by atoms with Gasteiger partial charge >= 0.3 is 0 Å². The number of piperidine rings is 1. The van der Waals surface area contributed by atoms with Crippen molar-refractivity contribution in [1.29, 1.82) is 0 Å². The van der Waals surface area contributed by atoms with Gasteiger partial charge in [0, 0.05) is 18.7 Å². The van der Waals surface area contributed by atoms with E-state index in [0.29, 0.717) is 16.3 Å². The van der Waals surface area contributed by atoms with Crippen molar-refractivity contribution in [2.45, 2.75) is 25.3 Å². The zero-order valence-corrected chi connectivity index (χ0v) is 9.87. The molecule has 2 heterocycles. The molecular weight excluding hydrogens is 258 g/mol. The SMILES string of the molecule is O=C(c1coc(Br)c1)N1CC2CCC1C2. The van der Waals surface area contributed by atoms with Gasteiger partial charge in [0.1, 0.15) is 6.26 Å². The van der Waals surface area contributed by atoms with E-state index in [9.17, 15) is 4.79 Å². The molecule has 1 amide bonds. The normalized spacial score (nSPS) is 28.7. The van der Waals surface area contributed by atoms with Crippen LogP contribution in [0.15, 0.2) is 21.4 Å². The molecule has 1 aromatic heterocycles. The van der Waals surface area contributed by atoms with Crippen LogP contribution in [0.4, 0.5) is 0 Å². The number of amides is 1. The van der Waals surface area contributed by atoms with Crippen LogP contribution >= 0.6 is 15.9 Å². The van der Waals surface area contributed by atoms with Crippen LogP contribution < -0.4 is 0 Å². The van der Waals surface area contributed by atoms with Gasteiger partial charge in [-0.25, -0.2) is 0 Å². The van der Waals surface area contributed by atoms with Crippen molar-refractivity contribution < 1.29 is 9.21 Å². The van der Waals surface area contributed by atoms with E-state index in [1.54, 1.807) is 6.07 Å². The molecule has 1 aliphatic heterocycles. The first-order chi connectivity index (χ1) is 7.24. The predicted molar refractivity (Wildman–Crippen MR) is 58.6 cm³/mol. The van der Waals surface area contributed by atoms with Gasteiger partial charge in [0.25, 0.3) is 5.91 Å². The summed E-state index contributed by atoms with van der Waals surface area (Å²) in [5, 5.41) is 0. The van der Waals surface area contributed by atoms with Crippen LogP contribution in [0.25, 0.3) is 0 Å². The van der Waals surface area contributed by atoms with Crippen molar-refractivity contribution in [2.75, 3.05) is 6.54 Å². The Morgan fingerprint density at radius 1 is 1.53 bits per heavy atom. The van der Waals surface area contributed by atoms with Crippen LogP contribution in [-0.2, 0) is 0 Å². The number of furan rings is 1. The number of hydrogen-bond donors (Lipinski definition) is 0. The molecule has 2 unspecified atom stereocenters. The summed E-state index contributed by atoms with van der Waals surface area (Å²) in [7, 11) is 0. The molecule has 0 N–H and O–H groups in total. The van der Waals surface area contributed by atoms with Crippen LogP contribution in [-0.4, -0.2) is 23.4 Å². The highest BCUT2D eigenvalue weighted by atomic mass is 79.9. The second-order valence-corrected chi connectivity index (χ2v) is 5.21. The van der Waals surface area contributed by atoms with E-state index in [4.69, 9.17) is 4.42 Å². The number of halogens is 1. The molecule has 1 aliphatic carbocycles. The Hall–Kier alpha value is -0.770. The number of rotatable bonds is 1. The van der Waals surface area contributed by atoms with Crippen LogP contribution in [0.1, 0.15) is 29.6 Å². The summed E-state index contributed by atoms with van der Waals surface area (Å²) >= 11 is 3.21. The van der Waals surface area contributed by atoms with E-state index >= 15 is 0 Å². The molecule has 1 saturated heterocycles. The average Bonchev–Trinajstić information content (AvgIpc) is 2.90. The lowest BCUT2D eigenvalue weighted by atomic mass is 10.1. The number of likely N-dealkylation sites (tertiary alicyclic amines) is 1. The van der Waals surface area contributed by atoms with Crippen LogP contribution in [0.3, 0.4) is 0 Å². The topological polar surface area (TPSA) is 33.5 Å². The molecule has 1 saturated carbocycles. The lowest BCUT2D eigenvalue weighted by Gasteiger charge is -2.26. The minimum absolute atomic E-state index is 0.122. The number of fused-ring (bicyclic) bond motifs is 2. The molecule has 2 bridgehead atoms. The van der Waals surface area contributed by atoms with Crippen molar-refractivity contribution in [1.82, 2.24) is 4.90 Å². The Morgan fingerprint density at radius 2 is 2.40 bits per heavy atom. The van der Waals surface area contributed by atoms with Crippen molar-refractivity contribution in [3.8, 4) is 0 Å². The van der Waals surface area contributed by atoms with Gasteiger partial charge in [-0.3, -0.25) is 4.79 Å². The van der Waals surface area contributed by atoms with Gasteiger partial charge in [-0.1, -0.05) is 0 Å². The van der Waals surface area contributed by atoms with Crippen LogP contribution in [0.2, 0.25) is 0 Å². The van der Waals surface area contributed by atoms with Crippen LogP contribution in [0.5, 0.6) is 0 Å². The van der Waals surface area contributed by atoms with Crippen molar-refractivity contribution >= 4 is 21.8 Å². The zero-order chi connectivity index (χ0) is 10.4. The summed E-state index contributed by atoms with van der Waals surface area (Å²) in [4.78, 5) is 14.1. The third-order valence-electron chi connectivity index (χ3n) is 3.48. The molecule has 3 nitrogen and oxygen atoms in total. The highest BCUT2D eigenvalue weighted by Gasteiger charge is 2.40. The van der Waals surface area contributed by atoms with E-state index in [-0.39, 0.29) is 5.91 Å². The average molecular weight is 270 g/mol. The Morgan fingerprint density at radius 3 is 2.93 bits per heavy atom. The fourth-order valence-corrected chi connectivity index (χ4v) is 3.10. The third kappa shape index (κ3) is 1.51. The molecule has 80 valence electrons. The van der Waals surface area contributed by atoms with Crippen molar-refractivity contribution in [3.63, 3.8) is 0 Å². The minimum Gasteiger partial charge on any atom is -0.457 e. The first-order valence-corrected chi connectivity index (χ1v) is 6.08. The van der Waals surface area contributed by atoms with E-state index < -0.39 is 0 Å². The number of carbonyl (C=O) groups excluding carboxylic acids is 1. The van der Waals surface area contributed by atoms with Gasteiger partial charge in [-0.2, -0.15) is 0 Å². The largest absolute Gasteiger partial charge is 0.457 e. The summed E-state index contributed by atoms with van der Waals surface area (Å²) in [6.07, 6.45) is 5.20. The molecule has 0 radical (unpaired) electrons. The third-order valence-corrected chi connectivity index (χ3v) is 3.90.